The molecular formula is C19H23N. The molecule has 0 radical (unpaired) electrons. The summed E-state index contributed by atoms with van der Waals surface area (Å²) in [6.07, 6.45) is 4.19. The van der Waals surface area contributed by atoms with Gasteiger partial charge in [0, 0.05) is 17.4 Å². The minimum absolute atomic E-state index is 0.422. The van der Waals surface area contributed by atoms with Gasteiger partial charge in [-0.3, -0.25) is 0 Å². The second-order valence-electron chi connectivity index (χ2n) is 5.39. The number of anilines is 2. The molecule has 0 fully saturated rings. The average Bonchev–Trinajstić information content (AvgIpc) is 2.43. The highest BCUT2D eigenvalue weighted by molar-refractivity contribution is 5.66. The molecule has 0 aliphatic carbocycles. The smallest absolute Gasteiger partial charge is 0.0413 e. The van der Waals surface area contributed by atoms with Gasteiger partial charge in [0.15, 0.2) is 0 Å². The lowest BCUT2D eigenvalue weighted by Crippen LogP contribution is -2.25. The molecule has 2 aromatic carbocycles. The van der Waals surface area contributed by atoms with Crippen LogP contribution in [0.2, 0.25) is 0 Å². The molecule has 1 nitrogen and oxygen atoms in total. The molecule has 1 heteroatoms. The van der Waals surface area contributed by atoms with E-state index in [0.29, 0.717) is 6.04 Å². The van der Waals surface area contributed by atoms with E-state index >= 15 is 0 Å². The molecule has 0 heterocycles. The van der Waals surface area contributed by atoms with Crippen molar-refractivity contribution in [1.29, 1.82) is 0 Å². The Morgan fingerprint density at radius 1 is 0.850 bits per heavy atom. The molecule has 104 valence electrons. The zero-order valence-corrected chi connectivity index (χ0v) is 12.8. The zero-order chi connectivity index (χ0) is 14.5. The standard InChI is InChI=1S/C19H23N/c1-5-6-17-9-13-19(14-10-17)20(15(2)3)18-11-7-16(4)8-12-18/h5-15H,1-4H3/b6-5+. The summed E-state index contributed by atoms with van der Waals surface area (Å²) in [5, 5.41) is 0. The van der Waals surface area contributed by atoms with E-state index in [2.05, 4.69) is 86.4 Å². The number of nitrogens with zero attached hydrogens (tertiary/aromatic N) is 1. The van der Waals surface area contributed by atoms with Gasteiger partial charge in [-0.2, -0.15) is 0 Å². The fourth-order valence-electron chi connectivity index (χ4n) is 2.39. The van der Waals surface area contributed by atoms with Gasteiger partial charge in [-0.15, -0.1) is 0 Å². The van der Waals surface area contributed by atoms with Gasteiger partial charge in [0.25, 0.3) is 0 Å². The molecule has 0 unspecified atom stereocenters. The van der Waals surface area contributed by atoms with Gasteiger partial charge in [-0.25, -0.2) is 0 Å². The lowest BCUT2D eigenvalue weighted by Gasteiger charge is -2.29. The maximum Gasteiger partial charge on any atom is 0.0413 e. The second kappa shape index (κ2) is 6.42. The van der Waals surface area contributed by atoms with E-state index in [-0.39, 0.29) is 0 Å². The van der Waals surface area contributed by atoms with Gasteiger partial charge in [-0.1, -0.05) is 42.0 Å². The summed E-state index contributed by atoms with van der Waals surface area (Å²) in [5.41, 5.74) is 5.01. The molecule has 0 saturated carbocycles. The first kappa shape index (κ1) is 14.4. The van der Waals surface area contributed by atoms with Crippen molar-refractivity contribution >= 4 is 17.5 Å². The Bertz CT molecular complexity index is 562. The van der Waals surface area contributed by atoms with Crippen LogP contribution in [0.15, 0.2) is 54.6 Å². The van der Waals surface area contributed by atoms with E-state index in [1.54, 1.807) is 0 Å². The van der Waals surface area contributed by atoms with Crippen molar-refractivity contribution in [2.24, 2.45) is 0 Å². The highest BCUT2D eigenvalue weighted by atomic mass is 15.2. The minimum Gasteiger partial charge on any atom is -0.339 e. The van der Waals surface area contributed by atoms with E-state index in [0.717, 1.165) is 0 Å². The Kier molecular flexibility index (Phi) is 4.62. The van der Waals surface area contributed by atoms with Gasteiger partial charge in [0.2, 0.25) is 0 Å². The van der Waals surface area contributed by atoms with Crippen molar-refractivity contribution in [3.05, 3.63) is 65.7 Å². The van der Waals surface area contributed by atoms with E-state index in [1.165, 1.54) is 22.5 Å². The fourth-order valence-corrected chi connectivity index (χ4v) is 2.39. The summed E-state index contributed by atoms with van der Waals surface area (Å²) < 4.78 is 0. The second-order valence-corrected chi connectivity index (χ2v) is 5.39. The predicted octanol–water partition coefficient (Wildman–Crippen LogP) is 5.57. The van der Waals surface area contributed by atoms with Gasteiger partial charge in [-0.05, 0) is 57.5 Å². The molecule has 0 bridgehead atoms. The lowest BCUT2D eigenvalue weighted by atomic mass is 10.1. The molecular weight excluding hydrogens is 242 g/mol. The maximum atomic E-state index is 2.36. The van der Waals surface area contributed by atoms with Crippen molar-refractivity contribution in [3.63, 3.8) is 0 Å². The maximum absolute atomic E-state index is 2.36. The van der Waals surface area contributed by atoms with Crippen molar-refractivity contribution < 1.29 is 0 Å². The number of rotatable bonds is 4. The van der Waals surface area contributed by atoms with Crippen molar-refractivity contribution in [1.82, 2.24) is 0 Å². The van der Waals surface area contributed by atoms with Gasteiger partial charge in [0.05, 0.1) is 0 Å². The Morgan fingerprint density at radius 2 is 1.35 bits per heavy atom. The number of hydrogen-bond acceptors (Lipinski definition) is 1. The monoisotopic (exact) mass is 265 g/mol. The Morgan fingerprint density at radius 3 is 1.80 bits per heavy atom. The summed E-state index contributed by atoms with van der Waals surface area (Å²) in [5.74, 6) is 0. The number of allylic oxidation sites excluding steroid dienone is 1. The molecule has 2 rings (SSSR count). The molecule has 20 heavy (non-hydrogen) atoms. The van der Waals surface area contributed by atoms with Crippen molar-refractivity contribution in [2.45, 2.75) is 33.7 Å². The van der Waals surface area contributed by atoms with Crippen molar-refractivity contribution in [3.8, 4) is 0 Å². The molecule has 0 amide bonds. The first-order valence-corrected chi connectivity index (χ1v) is 7.20. The number of benzene rings is 2. The van der Waals surface area contributed by atoms with Gasteiger partial charge < -0.3 is 4.90 Å². The highest BCUT2D eigenvalue weighted by Crippen LogP contribution is 2.28. The summed E-state index contributed by atoms with van der Waals surface area (Å²) in [6, 6.07) is 17.8. The first-order chi connectivity index (χ1) is 9.61. The van der Waals surface area contributed by atoms with Gasteiger partial charge >= 0.3 is 0 Å². The van der Waals surface area contributed by atoms with Crippen LogP contribution in [0.25, 0.3) is 6.08 Å². The molecule has 0 N–H and O–H groups in total. The van der Waals surface area contributed by atoms with Crippen LogP contribution in [0.1, 0.15) is 31.9 Å². The minimum atomic E-state index is 0.422. The summed E-state index contributed by atoms with van der Waals surface area (Å²) in [4.78, 5) is 2.36. The highest BCUT2D eigenvalue weighted by Gasteiger charge is 2.12. The lowest BCUT2D eigenvalue weighted by molar-refractivity contribution is 0.789. The van der Waals surface area contributed by atoms with Crippen LogP contribution in [0.5, 0.6) is 0 Å². The number of hydrogen-bond donors (Lipinski definition) is 0. The van der Waals surface area contributed by atoms with Crippen LogP contribution in [-0.4, -0.2) is 6.04 Å². The Balaban J connectivity index is 2.35. The average molecular weight is 265 g/mol. The van der Waals surface area contributed by atoms with Crippen molar-refractivity contribution in [2.75, 3.05) is 4.90 Å². The first-order valence-electron chi connectivity index (χ1n) is 7.20. The third-order valence-electron chi connectivity index (χ3n) is 3.36. The SMILES string of the molecule is C/C=C/c1ccc(N(c2ccc(C)cc2)C(C)C)cc1. The topological polar surface area (TPSA) is 3.24 Å². The third-order valence-corrected chi connectivity index (χ3v) is 3.36. The largest absolute Gasteiger partial charge is 0.339 e. The summed E-state index contributed by atoms with van der Waals surface area (Å²) in [7, 11) is 0. The third kappa shape index (κ3) is 3.30. The number of aryl methyl sites for hydroxylation is 1. The summed E-state index contributed by atoms with van der Waals surface area (Å²) >= 11 is 0. The van der Waals surface area contributed by atoms with E-state index < -0.39 is 0 Å². The molecule has 0 aromatic heterocycles. The Labute approximate surface area is 122 Å². The van der Waals surface area contributed by atoms with Crippen LogP contribution in [-0.2, 0) is 0 Å². The zero-order valence-electron chi connectivity index (χ0n) is 12.8. The quantitative estimate of drug-likeness (QED) is 0.698. The molecule has 0 atom stereocenters. The van der Waals surface area contributed by atoms with Crippen LogP contribution in [0, 0.1) is 6.92 Å². The molecule has 0 aliphatic rings. The Hall–Kier alpha value is -2.02. The van der Waals surface area contributed by atoms with E-state index in [1.807, 2.05) is 6.92 Å². The molecule has 0 spiro atoms. The molecule has 2 aromatic rings. The van der Waals surface area contributed by atoms with Gasteiger partial charge in [0.1, 0.15) is 0 Å². The van der Waals surface area contributed by atoms with E-state index in [9.17, 15) is 0 Å². The van der Waals surface area contributed by atoms with Crippen LogP contribution in [0.3, 0.4) is 0 Å². The molecule has 0 saturated heterocycles. The normalized spacial score (nSPS) is 11.2. The predicted molar refractivity (Wildman–Crippen MR) is 89.6 cm³/mol. The summed E-state index contributed by atoms with van der Waals surface area (Å²) in [6.45, 7) is 8.61. The fraction of sp³-hybridized carbons (Fsp3) is 0.263. The molecule has 0 aliphatic heterocycles. The van der Waals surface area contributed by atoms with E-state index in [4.69, 9.17) is 0 Å². The van der Waals surface area contributed by atoms with Crippen LogP contribution < -0.4 is 4.90 Å². The van der Waals surface area contributed by atoms with Crippen LogP contribution >= 0.6 is 0 Å². The van der Waals surface area contributed by atoms with Crippen LogP contribution in [0.4, 0.5) is 11.4 Å².